The van der Waals surface area contributed by atoms with Gasteiger partial charge in [-0.15, -0.1) is 0 Å². The topological polar surface area (TPSA) is 123 Å². The Morgan fingerprint density at radius 1 is 1.00 bits per heavy atom. The highest BCUT2D eigenvalue weighted by Gasteiger charge is 2.41. The Hall–Kier alpha value is -2.22. The van der Waals surface area contributed by atoms with Crippen LogP contribution < -0.4 is 10.9 Å². The number of hydrogen-bond donors (Lipinski definition) is 3. The summed E-state index contributed by atoms with van der Waals surface area (Å²) in [6.45, 7) is 0. The number of primary amides is 1. The average Bonchev–Trinajstić information content (AvgIpc) is 2.46. The molecule has 0 radical (unpaired) electrons. The Morgan fingerprint density at radius 2 is 1.52 bits per heavy atom. The molecule has 0 aliphatic carbocycles. The van der Waals surface area contributed by atoms with Gasteiger partial charge in [0, 0.05) is 5.56 Å². The maximum atomic E-state index is 11.8. The standard InChI is InChI=1S/C14H14N2O4S/c15-13(17)14(18,10-6-2-1-3-7-10)11-8-4-5-9-12(11)21(16,19)20/h1-9,18H,(H2,15,17)(H2,16,19,20). The zero-order chi connectivity index (χ0) is 15.7. The van der Waals surface area contributed by atoms with E-state index in [0.717, 1.165) is 0 Å². The summed E-state index contributed by atoms with van der Waals surface area (Å²) in [6, 6.07) is 13.3. The molecular weight excluding hydrogens is 292 g/mol. The lowest BCUT2D eigenvalue weighted by molar-refractivity contribution is -0.133. The maximum absolute atomic E-state index is 11.8. The number of aliphatic hydroxyl groups is 1. The van der Waals surface area contributed by atoms with Crippen LogP contribution in [0.5, 0.6) is 0 Å². The summed E-state index contributed by atoms with van der Waals surface area (Å²) >= 11 is 0. The molecule has 0 saturated carbocycles. The molecule has 0 fully saturated rings. The molecule has 0 saturated heterocycles. The molecule has 0 spiro atoms. The first-order valence-electron chi connectivity index (χ1n) is 5.98. The molecule has 0 aliphatic rings. The van der Waals surface area contributed by atoms with Crippen LogP contribution in [0.4, 0.5) is 0 Å². The van der Waals surface area contributed by atoms with Gasteiger partial charge in [-0.05, 0) is 11.6 Å². The van der Waals surface area contributed by atoms with Crippen molar-refractivity contribution in [2.75, 3.05) is 0 Å². The van der Waals surface area contributed by atoms with Crippen LogP contribution in [0.2, 0.25) is 0 Å². The molecule has 110 valence electrons. The summed E-state index contributed by atoms with van der Waals surface area (Å²) in [5.41, 5.74) is 3.02. The molecule has 21 heavy (non-hydrogen) atoms. The minimum Gasteiger partial charge on any atom is -0.372 e. The number of carbonyl (C=O) groups excluding carboxylic acids is 1. The first-order valence-corrected chi connectivity index (χ1v) is 7.52. The molecule has 2 aromatic carbocycles. The van der Waals surface area contributed by atoms with Gasteiger partial charge in [0.1, 0.15) is 0 Å². The van der Waals surface area contributed by atoms with E-state index in [1.54, 1.807) is 18.2 Å². The lowest BCUT2D eigenvalue weighted by atomic mass is 9.85. The van der Waals surface area contributed by atoms with E-state index in [1.807, 2.05) is 0 Å². The second-order valence-corrected chi connectivity index (χ2v) is 6.01. The van der Waals surface area contributed by atoms with Crippen molar-refractivity contribution in [3.8, 4) is 0 Å². The minimum atomic E-state index is -4.13. The Kier molecular flexibility index (Phi) is 3.82. The van der Waals surface area contributed by atoms with Gasteiger partial charge in [0.05, 0.1) is 4.90 Å². The largest absolute Gasteiger partial charge is 0.372 e. The summed E-state index contributed by atoms with van der Waals surface area (Å²) in [7, 11) is -4.13. The first kappa shape index (κ1) is 15.2. The molecule has 1 atom stereocenters. The van der Waals surface area contributed by atoms with Gasteiger partial charge in [-0.2, -0.15) is 0 Å². The van der Waals surface area contributed by atoms with Gasteiger partial charge in [-0.1, -0.05) is 48.5 Å². The van der Waals surface area contributed by atoms with Crippen LogP contribution in [-0.2, 0) is 20.4 Å². The van der Waals surface area contributed by atoms with Crippen LogP contribution in [-0.4, -0.2) is 19.4 Å². The number of benzene rings is 2. The zero-order valence-corrected chi connectivity index (χ0v) is 11.7. The van der Waals surface area contributed by atoms with E-state index in [1.165, 1.54) is 36.4 Å². The number of primary sulfonamides is 1. The number of amides is 1. The summed E-state index contributed by atoms with van der Waals surface area (Å²) < 4.78 is 23.3. The van der Waals surface area contributed by atoms with E-state index < -0.39 is 21.5 Å². The van der Waals surface area contributed by atoms with E-state index in [4.69, 9.17) is 10.9 Å². The molecule has 2 aromatic rings. The lowest BCUT2D eigenvalue weighted by Crippen LogP contribution is -2.43. The first-order chi connectivity index (χ1) is 9.78. The molecule has 0 bridgehead atoms. The van der Waals surface area contributed by atoms with Gasteiger partial charge in [-0.25, -0.2) is 13.6 Å². The van der Waals surface area contributed by atoms with Crippen LogP contribution in [0, 0.1) is 0 Å². The number of nitrogens with two attached hydrogens (primary N) is 2. The Bertz CT molecular complexity index is 775. The smallest absolute Gasteiger partial charge is 0.258 e. The predicted molar refractivity (Wildman–Crippen MR) is 76.5 cm³/mol. The number of sulfonamides is 1. The van der Waals surface area contributed by atoms with E-state index in [9.17, 15) is 18.3 Å². The fourth-order valence-corrected chi connectivity index (χ4v) is 2.91. The molecule has 0 aliphatic heterocycles. The van der Waals surface area contributed by atoms with Crippen LogP contribution in [0.15, 0.2) is 59.5 Å². The second kappa shape index (κ2) is 5.28. The lowest BCUT2D eigenvalue weighted by Gasteiger charge is -2.27. The molecule has 5 N–H and O–H groups in total. The predicted octanol–water partition coefficient (Wildman–Crippen LogP) is 0.0552. The van der Waals surface area contributed by atoms with E-state index in [0.29, 0.717) is 0 Å². The van der Waals surface area contributed by atoms with Crippen LogP contribution >= 0.6 is 0 Å². The zero-order valence-electron chi connectivity index (χ0n) is 10.9. The maximum Gasteiger partial charge on any atom is 0.258 e. The highest BCUT2D eigenvalue weighted by atomic mass is 32.2. The number of rotatable bonds is 4. The Balaban J connectivity index is 2.81. The fourth-order valence-electron chi connectivity index (χ4n) is 2.12. The monoisotopic (exact) mass is 306 g/mol. The fraction of sp³-hybridized carbons (Fsp3) is 0.0714. The third-order valence-corrected chi connectivity index (χ3v) is 4.10. The van der Waals surface area contributed by atoms with E-state index >= 15 is 0 Å². The third kappa shape index (κ3) is 2.66. The van der Waals surface area contributed by atoms with Crippen molar-refractivity contribution < 1.29 is 18.3 Å². The van der Waals surface area contributed by atoms with Gasteiger partial charge < -0.3 is 10.8 Å². The molecular formula is C14H14N2O4S. The number of carbonyl (C=O) groups is 1. The summed E-state index contributed by atoms with van der Waals surface area (Å²) in [5, 5.41) is 15.9. The third-order valence-electron chi connectivity index (χ3n) is 3.13. The molecule has 6 nitrogen and oxygen atoms in total. The van der Waals surface area contributed by atoms with E-state index in [-0.39, 0.29) is 16.0 Å². The van der Waals surface area contributed by atoms with Gasteiger partial charge in [0.2, 0.25) is 10.0 Å². The minimum absolute atomic E-state index is 0.161. The molecule has 1 unspecified atom stereocenters. The quantitative estimate of drug-likeness (QED) is 0.738. The Labute approximate surface area is 122 Å². The van der Waals surface area contributed by atoms with Crippen LogP contribution in [0.25, 0.3) is 0 Å². The molecule has 0 heterocycles. The molecule has 1 amide bonds. The van der Waals surface area contributed by atoms with Crippen molar-refractivity contribution >= 4 is 15.9 Å². The van der Waals surface area contributed by atoms with Crippen molar-refractivity contribution in [3.05, 3.63) is 65.7 Å². The van der Waals surface area contributed by atoms with E-state index in [2.05, 4.69) is 0 Å². The highest BCUT2D eigenvalue weighted by Crippen LogP contribution is 2.33. The van der Waals surface area contributed by atoms with Gasteiger partial charge >= 0.3 is 0 Å². The average molecular weight is 306 g/mol. The van der Waals surface area contributed by atoms with Crippen molar-refractivity contribution in [1.82, 2.24) is 0 Å². The van der Waals surface area contributed by atoms with Gasteiger partial charge in [0.25, 0.3) is 5.91 Å². The van der Waals surface area contributed by atoms with Crippen molar-refractivity contribution in [2.24, 2.45) is 10.9 Å². The van der Waals surface area contributed by atoms with Gasteiger partial charge in [-0.3, -0.25) is 4.79 Å². The molecule has 7 heteroatoms. The summed E-state index contributed by atoms with van der Waals surface area (Å²) in [5.74, 6) is -1.09. The van der Waals surface area contributed by atoms with Crippen molar-refractivity contribution in [2.45, 2.75) is 10.5 Å². The summed E-state index contributed by atoms with van der Waals surface area (Å²) in [4.78, 5) is 11.5. The van der Waals surface area contributed by atoms with Crippen LogP contribution in [0.3, 0.4) is 0 Å². The number of hydrogen-bond acceptors (Lipinski definition) is 4. The SMILES string of the molecule is NC(=O)C(O)(c1ccccc1)c1ccccc1S(N)(=O)=O. The molecule has 2 rings (SSSR count). The van der Waals surface area contributed by atoms with Crippen molar-refractivity contribution in [1.29, 1.82) is 0 Å². The van der Waals surface area contributed by atoms with Crippen LogP contribution in [0.1, 0.15) is 11.1 Å². The molecule has 0 aromatic heterocycles. The Morgan fingerprint density at radius 3 is 2.05 bits per heavy atom. The van der Waals surface area contributed by atoms with Crippen molar-refractivity contribution in [3.63, 3.8) is 0 Å². The summed E-state index contributed by atoms with van der Waals surface area (Å²) in [6.07, 6.45) is 0. The second-order valence-electron chi connectivity index (χ2n) is 4.48. The highest BCUT2D eigenvalue weighted by molar-refractivity contribution is 7.89. The normalized spacial score (nSPS) is 14.4. The van der Waals surface area contributed by atoms with Gasteiger partial charge in [0.15, 0.2) is 5.60 Å².